The van der Waals surface area contributed by atoms with Crippen molar-refractivity contribution in [3.05, 3.63) is 33.8 Å². The SMILES string of the molecule is COC(=O)CCC(=O)Cc1c(F)ccc(Br)c1F. The molecule has 1 rings (SSSR count). The van der Waals surface area contributed by atoms with E-state index in [1.807, 2.05) is 0 Å². The molecule has 0 unspecified atom stereocenters. The maximum Gasteiger partial charge on any atom is 0.305 e. The van der Waals surface area contributed by atoms with Crippen LogP contribution in [0.4, 0.5) is 8.78 Å². The van der Waals surface area contributed by atoms with E-state index < -0.39 is 23.4 Å². The van der Waals surface area contributed by atoms with E-state index in [0.29, 0.717) is 0 Å². The van der Waals surface area contributed by atoms with Crippen molar-refractivity contribution in [1.82, 2.24) is 0 Å². The van der Waals surface area contributed by atoms with E-state index in [0.717, 1.165) is 6.07 Å². The van der Waals surface area contributed by atoms with Crippen LogP contribution in [0, 0.1) is 11.6 Å². The lowest BCUT2D eigenvalue weighted by atomic mass is 10.0. The van der Waals surface area contributed by atoms with Crippen LogP contribution >= 0.6 is 15.9 Å². The Kier molecular flexibility index (Phi) is 5.40. The number of ether oxygens (including phenoxy) is 1. The number of halogens is 3. The van der Waals surface area contributed by atoms with E-state index in [4.69, 9.17) is 0 Å². The number of esters is 1. The highest BCUT2D eigenvalue weighted by atomic mass is 79.9. The molecule has 3 nitrogen and oxygen atoms in total. The van der Waals surface area contributed by atoms with Gasteiger partial charge in [-0.25, -0.2) is 8.78 Å². The molecule has 1 aromatic rings. The van der Waals surface area contributed by atoms with Crippen LogP contribution in [0.2, 0.25) is 0 Å². The Balaban J connectivity index is 2.70. The summed E-state index contributed by atoms with van der Waals surface area (Å²) in [7, 11) is 1.21. The molecule has 0 fully saturated rings. The summed E-state index contributed by atoms with van der Waals surface area (Å²) in [4.78, 5) is 22.3. The molecule has 0 amide bonds. The molecule has 1 aromatic carbocycles. The zero-order valence-corrected chi connectivity index (χ0v) is 11.2. The fourth-order valence-corrected chi connectivity index (χ4v) is 1.73. The monoisotopic (exact) mass is 320 g/mol. The second-order valence-corrected chi connectivity index (χ2v) is 4.47. The van der Waals surface area contributed by atoms with Crippen LogP contribution in [0.3, 0.4) is 0 Å². The molecule has 0 bridgehead atoms. The van der Waals surface area contributed by atoms with Crippen LogP contribution in [-0.2, 0) is 20.7 Å². The first-order valence-electron chi connectivity index (χ1n) is 5.16. The summed E-state index contributed by atoms with van der Waals surface area (Å²) in [5, 5.41) is 0. The van der Waals surface area contributed by atoms with Gasteiger partial charge in [-0.1, -0.05) is 0 Å². The van der Waals surface area contributed by atoms with Gasteiger partial charge in [0.05, 0.1) is 18.0 Å². The fourth-order valence-electron chi connectivity index (χ4n) is 1.36. The Bertz CT molecular complexity index is 475. The summed E-state index contributed by atoms with van der Waals surface area (Å²) in [6.07, 6.45) is -0.571. The zero-order valence-electron chi connectivity index (χ0n) is 9.63. The van der Waals surface area contributed by atoms with Gasteiger partial charge in [0.25, 0.3) is 0 Å². The third-order valence-corrected chi connectivity index (χ3v) is 2.96. The molecule has 0 saturated heterocycles. The number of rotatable bonds is 5. The third kappa shape index (κ3) is 3.87. The van der Waals surface area contributed by atoms with Crippen LogP contribution in [0.25, 0.3) is 0 Å². The van der Waals surface area contributed by atoms with Crippen LogP contribution in [0.1, 0.15) is 18.4 Å². The molecular formula is C12H11BrF2O3. The minimum Gasteiger partial charge on any atom is -0.469 e. The lowest BCUT2D eigenvalue weighted by molar-refractivity contribution is -0.141. The number of hydrogen-bond donors (Lipinski definition) is 0. The molecule has 0 atom stereocenters. The molecule has 0 spiro atoms. The van der Waals surface area contributed by atoms with Crippen molar-refractivity contribution >= 4 is 27.7 Å². The summed E-state index contributed by atoms with van der Waals surface area (Å²) in [6.45, 7) is 0. The molecule has 0 aliphatic heterocycles. The van der Waals surface area contributed by atoms with E-state index in [1.54, 1.807) is 0 Å². The fraction of sp³-hybridized carbons (Fsp3) is 0.333. The van der Waals surface area contributed by atoms with Crippen molar-refractivity contribution < 1.29 is 23.1 Å². The van der Waals surface area contributed by atoms with Gasteiger partial charge >= 0.3 is 5.97 Å². The van der Waals surface area contributed by atoms with Crippen molar-refractivity contribution in [3.8, 4) is 0 Å². The van der Waals surface area contributed by atoms with E-state index in [2.05, 4.69) is 20.7 Å². The minimum atomic E-state index is -0.790. The zero-order chi connectivity index (χ0) is 13.7. The Morgan fingerprint density at radius 2 is 1.94 bits per heavy atom. The molecule has 0 radical (unpaired) electrons. The summed E-state index contributed by atoms with van der Waals surface area (Å²) >= 11 is 2.92. The van der Waals surface area contributed by atoms with Crippen LogP contribution in [0.15, 0.2) is 16.6 Å². The Morgan fingerprint density at radius 1 is 1.28 bits per heavy atom. The maximum absolute atomic E-state index is 13.6. The van der Waals surface area contributed by atoms with Gasteiger partial charge in [0, 0.05) is 18.4 Å². The van der Waals surface area contributed by atoms with Crippen molar-refractivity contribution in [2.75, 3.05) is 7.11 Å². The van der Waals surface area contributed by atoms with E-state index in [-0.39, 0.29) is 29.3 Å². The summed E-state index contributed by atoms with van der Waals surface area (Å²) in [5.74, 6) is -2.52. The topological polar surface area (TPSA) is 43.4 Å². The summed E-state index contributed by atoms with van der Waals surface area (Å²) in [5.41, 5.74) is -0.292. The van der Waals surface area contributed by atoms with Crippen molar-refractivity contribution in [3.63, 3.8) is 0 Å². The molecule has 6 heteroatoms. The van der Waals surface area contributed by atoms with Gasteiger partial charge in [-0.2, -0.15) is 0 Å². The Morgan fingerprint density at radius 3 is 2.56 bits per heavy atom. The average Bonchev–Trinajstić information content (AvgIpc) is 2.36. The Labute approximate surface area is 111 Å². The van der Waals surface area contributed by atoms with Gasteiger partial charge in [-0.15, -0.1) is 0 Å². The predicted molar refractivity (Wildman–Crippen MR) is 64.0 cm³/mol. The van der Waals surface area contributed by atoms with Crippen LogP contribution in [0.5, 0.6) is 0 Å². The van der Waals surface area contributed by atoms with E-state index in [1.165, 1.54) is 13.2 Å². The number of benzene rings is 1. The van der Waals surface area contributed by atoms with Gasteiger partial charge in [0.15, 0.2) is 0 Å². The van der Waals surface area contributed by atoms with Gasteiger partial charge in [0.1, 0.15) is 17.4 Å². The molecule has 0 saturated carbocycles. The minimum absolute atomic E-state index is 0.0907. The number of carbonyl (C=O) groups excluding carboxylic acids is 2. The standard InChI is InChI=1S/C12H11BrF2O3/c1-18-11(17)5-2-7(16)6-8-10(14)4-3-9(13)12(8)15/h3-4H,2,5-6H2,1H3. The molecule has 98 valence electrons. The van der Waals surface area contributed by atoms with Gasteiger partial charge < -0.3 is 4.74 Å². The first-order valence-corrected chi connectivity index (χ1v) is 5.96. The lowest BCUT2D eigenvalue weighted by Gasteiger charge is -2.05. The van der Waals surface area contributed by atoms with E-state index in [9.17, 15) is 18.4 Å². The molecule has 0 heterocycles. The molecule has 0 aromatic heterocycles. The molecule has 0 aliphatic rings. The van der Waals surface area contributed by atoms with Gasteiger partial charge in [-0.3, -0.25) is 9.59 Å². The number of hydrogen-bond acceptors (Lipinski definition) is 3. The number of Topliss-reactive ketones (excluding diaryl/α,β-unsaturated/α-hetero) is 1. The lowest BCUT2D eigenvalue weighted by Crippen LogP contribution is -2.10. The van der Waals surface area contributed by atoms with Crippen molar-refractivity contribution in [2.24, 2.45) is 0 Å². The third-order valence-electron chi connectivity index (χ3n) is 2.35. The highest BCUT2D eigenvalue weighted by Crippen LogP contribution is 2.22. The summed E-state index contributed by atoms with van der Waals surface area (Å²) < 4.78 is 31.4. The first kappa shape index (κ1) is 14.8. The average molecular weight is 321 g/mol. The Hall–Kier alpha value is -1.30. The largest absolute Gasteiger partial charge is 0.469 e. The highest BCUT2D eigenvalue weighted by molar-refractivity contribution is 9.10. The van der Waals surface area contributed by atoms with E-state index >= 15 is 0 Å². The van der Waals surface area contributed by atoms with Crippen LogP contribution < -0.4 is 0 Å². The number of carbonyl (C=O) groups is 2. The maximum atomic E-state index is 13.6. The molecule has 18 heavy (non-hydrogen) atoms. The van der Waals surface area contributed by atoms with Gasteiger partial charge in [0.2, 0.25) is 0 Å². The normalized spacial score (nSPS) is 10.2. The quantitative estimate of drug-likeness (QED) is 0.619. The molecule has 0 aliphatic carbocycles. The second-order valence-electron chi connectivity index (χ2n) is 3.61. The number of methoxy groups -OCH3 is 1. The smallest absolute Gasteiger partial charge is 0.305 e. The van der Waals surface area contributed by atoms with Crippen molar-refractivity contribution in [1.29, 1.82) is 0 Å². The first-order chi connectivity index (χ1) is 8.45. The van der Waals surface area contributed by atoms with Crippen LogP contribution in [-0.4, -0.2) is 18.9 Å². The predicted octanol–water partition coefficient (Wildman–Crippen LogP) is 2.79. The van der Waals surface area contributed by atoms with Crippen molar-refractivity contribution in [2.45, 2.75) is 19.3 Å². The molecule has 0 N–H and O–H groups in total. The number of ketones is 1. The highest BCUT2D eigenvalue weighted by Gasteiger charge is 2.16. The van der Waals surface area contributed by atoms with Gasteiger partial charge in [-0.05, 0) is 28.1 Å². The second kappa shape index (κ2) is 6.58. The molecular weight excluding hydrogens is 310 g/mol. The summed E-state index contributed by atoms with van der Waals surface area (Å²) in [6, 6.07) is 2.31.